The smallest absolute Gasteiger partial charge is 0.226 e. The van der Waals surface area contributed by atoms with Crippen molar-refractivity contribution in [2.75, 3.05) is 6.54 Å². The summed E-state index contributed by atoms with van der Waals surface area (Å²) in [5, 5.41) is 0. The van der Waals surface area contributed by atoms with Gasteiger partial charge in [-0.3, -0.25) is 4.79 Å². The van der Waals surface area contributed by atoms with Crippen molar-refractivity contribution < 1.29 is 9.18 Å². The molecular weight excluding hydrogens is 291 g/mol. The molecule has 1 aromatic carbocycles. The van der Waals surface area contributed by atoms with E-state index in [0.29, 0.717) is 12.1 Å². The standard InChI is InChI=1S/C19H21FN2O/c20-16-9-4-3-8-15(16)18-17-10-5-11-21(17)12-13-22(18)19(23)14-6-1-2-7-14/h3-5,8-11,14,18H,1-2,6-7,12-13H2. The van der Waals surface area contributed by atoms with Crippen LogP contribution in [0.2, 0.25) is 0 Å². The van der Waals surface area contributed by atoms with Gasteiger partial charge in [0.25, 0.3) is 0 Å². The van der Waals surface area contributed by atoms with E-state index < -0.39 is 0 Å². The lowest BCUT2D eigenvalue weighted by atomic mass is 9.96. The van der Waals surface area contributed by atoms with Crippen LogP contribution in [0.3, 0.4) is 0 Å². The van der Waals surface area contributed by atoms with Crippen molar-refractivity contribution in [2.45, 2.75) is 38.3 Å². The monoisotopic (exact) mass is 312 g/mol. The Morgan fingerprint density at radius 1 is 1.04 bits per heavy atom. The molecule has 0 radical (unpaired) electrons. The molecule has 4 rings (SSSR count). The molecule has 120 valence electrons. The minimum Gasteiger partial charge on any atom is -0.348 e. The molecule has 3 nitrogen and oxygen atoms in total. The topological polar surface area (TPSA) is 25.2 Å². The summed E-state index contributed by atoms with van der Waals surface area (Å²) < 4.78 is 16.6. The maximum Gasteiger partial charge on any atom is 0.226 e. The molecule has 1 aromatic heterocycles. The first-order valence-corrected chi connectivity index (χ1v) is 8.45. The molecule has 2 aromatic rings. The highest BCUT2D eigenvalue weighted by atomic mass is 19.1. The molecule has 0 N–H and O–H groups in total. The van der Waals surface area contributed by atoms with Gasteiger partial charge in [-0.15, -0.1) is 0 Å². The molecule has 0 spiro atoms. The van der Waals surface area contributed by atoms with Crippen molar-refractivity contribution in [3.05, 3.63) is 59.7 Å². The fourth-order valence-corrected chi connectivity index (χ4v) is 4.05. The average molecular weight is 312 g/mol. The van der Waals surface area contributed by atoms with Gasteiger partial charge >= 0.3 is 0 Å². The van der Waals surface area contributed by atoms with Crippen molar-refractivity contribution in [3.63, 3.8) is 0 Å². The highest BCUT2D eigenvalue weighted by Crippen LogP contribution is 2.37. The third kappa shape index (κ3) is 2.46. The van der Waals surface area contributed by atoms with Gasteiger partial charge in [-0.2, -0.15) is 0 Å². The van der Waals surface area contributed by atoms with Gasteiger partial charge in [0.05, 0.1) is 0 Å². The summed E-state index contributed by atoms with van der Waals surface area (Å²) >= 11 is 0. The number of hydrogen-bond donors (Lipinski definition) is 0. The van der Waals surface area contributed by atoms with Crippen LogP contribution in [0.25, 0.3) is 0 Å². The third-order valence-corrected chi connectivity index (χ3v) is 5.23. The van der Waals surface area contributed by atoms with Gasteiger partial charge in [-0.1, -0.05) is 31.0 Å². The number of fused-ring (bicyclic) bond motifs is 1. The number of carbonyl (C=O) groups excluding carboxylic acids is 1. The fraction of sp³-hybridized carbons (Fsp3) is 0.421. The Morgan fingerprint density at radius 3 is 2.61 bits per heavy atom. The van der Waals surface area contributed by atoms with E-state index in [-0.39, 0.29) is 23.7 Å². The summed E-state index contributed by atoms with van der Waals surface area (Å²) in [6.07, 6.45) is 6.22. The first-order chi connectivity index (χ1) is 11.3. The number of hydrogen-bond acceptors (Lipinski definition) is 1. The van der Waals surface area contributed by atoms with E-state index in [0.717, 1.165) is 37.9 Å². The SMILES string of the molecule is O=C(C1CCCC1)N1CCn2cccc2C1c1ccccc1F. The maximum absolute atomic E-state index is 14.4. The van der Waals surface area contributed by atoms with Crippen LogP contribution in [0, 0.1) is 11.7 Å². The zero-order valence-electron chi connectivity index (χ0n) is 13.1. The van der Waals surface area contributed by atoms with E-state index in [1.54, 1.807) is 12.1 Å². The number of amides is 1. The minimum atomic E-state index is -0.312. The summed E-state index contributed by atoms with van der Waals surface area (Å²) in [6, 6.07) is 10.5. The van der Waals surface area contributed by atoms with E-state index in [2.05, 4.69) is 4.57 Å². The lowest BCUT2D eigenvalue weighted by Gasteiger charge is -2.38. The predicted octanol–water partition coefficient (Wildman–Crippen LogP) is 3.75. The van der Waals surface area contributed by atoms with Gasteiger partial charge in [-0.05, 0) is 31.0 Å². The van der Waals surface area contributed by atoms with Crippen molar-refractivity contribution in [3.8, 4) is 0 Å². The molecule has 1 aliphatic heterocycles. The van der Waals surface area contributed by atoms with Gasteiger partial charge in [0.15, 0.2) is 0 Å². The van der Waals surface area contributed by atoms with Crippen molar-refractivity contribution in [1.82, 2.24) is 9.47 Å². The Bertz CT molecular complexity index is 718. The molecule has 1 amide bonds. The third-order valence-electron chi connectivity index (χ3n) is 5.23. The van der Waals surface area contributed by atoms with Crippen molar-refractivity contribution >= 4 is 5.91 Å². The molecule has 2 aliphatic rings. The number of carbonyl (C=O) groups is 1. The van der Waals surface area contributed by atoms with Crippen LogP contribution in [0.5, 0.6) is 0 Å². The Morgan fingerprint density at radius 2 is 1.83 bits per heavy atom. The predicted molar refractivity (Wildman–Crippen MR) is 86.3 cm³/mol. The van der Waals surface area contributed by atoms with E-state index >= 15 is 0 Å². The fourth-order valence-electron chi connectivity index (χ4n) is 4.05. The number of aromatic nitrogens is 1. The minimum absolute atomic E-state index is 0.116. The molecule has 23 heavy (non-hydrogen) atoms. The number of rotatable bonds is 2. The van der Waals surface area contributed by atoms with Gasteiger partial charge in [0.2, 0.25) is 5.91 Å². The summed E-state index contributed by atoms with van der Waals surface area (Å²) in [4.78, 5) is 14.9. The second-order valence-electron chi connectivity index (χ2n) is 6.56. The summed E-state index contributed by atoms with van der Waals surface area (Å²) in [6.45, 7) is 1.43. The summed E-state index contributed by atoms with van der Waals surface area (Å²) in [7, 11) is 0. The normalized spacial score (nSPS) is 21.4. The first-order valence-electron chi connectivity index (χ1n) is 8.45. The highest BCUT2D eigenvalue weighted by Gasteiger charge is 2.37. The molecule has 1 fully saturated rings. The van der Waals surface area contributed by atoms with Crippen molar-refractivity contribution in [2.24, 2.45) is 5.92 Å². The molecule has 1 aliphatic carbocycles. The molecule has 0 saturated heterocycles. The van der Waals surface area contributed by atoms with E-state index in [1.165, 1.54) is 6.07 Å². The zero-order chi connectivity index (χ0) is 15.8. The maximum atomic E-state index is 14.4. The first kappa shape index (κ1) is 14.5. The number of nitrogens with zero attached hydrogens (tertiary/aromatic N) is 2. The Hall–Kier alpha value is -2.10. The molecule has 1 unspecified atom stereocenters. The summed E-state index contributed by atoms with van der Waals surface area (Å²) in [5.74, 6) is 0.0744. The van der Waals surface area contributed by atoms with Gasteiger partial charge in [0, 0.05) is 36.5 Å². The molecule has 0 bridgehead atoms. The van der Waals surface area contributed by atoms with Crippen LogP contribution in [0.1, 0.15) is 43.0 Å². The molecule has 1 saturated carbocycles. The van der Waals surface area contributed by atoms with Crippen LogP contribution in [0.4, 0.5) is 4.39 Å². The molecular formula is C19H21FN2O. The Balaban J connectivity index is 1.76. The lowest BCUT2D eigenvalue weighted by Crippen LogP contribution is -2.44. The zero-order valence-corrected chi connectivity index (χ0v) is 13.1. The van der Waals surface area contributed by atoms with Gasteiger partial charge < -0.3 is 9.47 Å². The average Bonchev–Trinajstić information content (AvgIpc) is 3.25. The van der Waals surface area contributed by atoms with Crippen LogP contribution >= 0.6 is 0 Å². The van der Waals surface area contributed by atoms with Crippen LogP contribution in [-0.4, -0.2) is 21.9 Å². The van der Waals surface area contributed by atoms with E-state index in [9.17, 15) is 9.18 Å². The van der Waals surface area contributed by atoms with Crippen LogP contribution < -0.4 is 0 Å². The van der Waals surface area contributed by atoms with E-state index in [1.807, 2.05) is 29.3 Å². The number of benzene rings is 1. The van der Waals surface area contributed by atoms with Crippen molar-refractivity contribution in [1.29, 1.82) is 0 Å². The molecule has 1 atom stereocenters. The Labute approximate surface area is 135 Å². The van der Waals surface area contributed by atoms with E-state index in [4.69, 9.17) is 0 Å². The van der Waals surface area contributed by atoms with Gasteiger partial charge in [-0.25, -0.2) is 4.39 Å². The molecule has 4 heteroatoms. The summed E-state index contributed by atoms with van der Waals surface area (Å²) in [5.41, 5.74) is 1.60. The van der Waals surface area contributed by atoms with Gasteiger partial charge in [0.1, 0.15) is 11.9 Å². The van der Waals surface area contributed by atoms with Crippen LogP contribution in [-0.2, 0) is 11.3 Å². The van der Waals surface area contributed by atoms with Crippen LogP contribution in [0.15, 0.2) is 42.6 Å². The quantitative estimate of drug-likeness (QED) is 0.829. The number of halogens is 1. The molecule has 2 heterocycles. The largest absolute Gasteiger partial charge is 0.348 e. The second kappa shape index (κ2) is 5.84. The Kier molecular flexibility index (Phi) is 3.68. The lowest BCUT2D eigenvalue weighted by molar-refractivity contribution is -0.138. The second-order valence-corrected chi connectivity index (χ2v) is 6.56. The highest BCUT2D eigenvalue weighted by molar-refractivity contribution is 5.80.